The maximum Gasteiger partial charge on any atom is 0.144 e. The fourth-order valence-electron chi connectivity index (χ4n) is 1.65. The molecule has 2 aromatic heterocycles. The van der Waals surface area contributed by atoms with Crippen LogP contribution in [0.3, 0.4) is 0 Å². The molecule has 0 radical (unpaired) electrons. The molecule has 0 saturated carbocycles. The minimum atomic E-state index is 0.546. The molecule has 2 heterocycles. The van der Waals surface area contributed by atoms with Crippen LogP contribution in [0.25, 0.3) is 10.7 Å². The highest BCUT2D eigenvalue weighted by molar-refractivity contribution is 7.15. The average Bonchev–Trinajstić information content (AvgIpc) is 2.94. The van der Waals surface area contributed by atoms with Crippen LogP contribution in [-0.4, -0.2) is 28.4 Å². The number of nitrogens with one attached hydrogen (secondary N) is 1. The molecule has 98 valence electrons. The van der Waals surface area contributed by atoms with Crippen molar-refractivity contribution in [3.8, 4) is 10.7 Å². The highest BCUT2D eigenvalue weighted by Gasteiger charge is 2.13. The average molecular weight is 266 g/mol. The van der Waals surface area contributed by atoms with E-state index in [4.69, 9.17) is 4.74 Å². The number of rotatable bonds is 6. The van der Waals surface area contributed by atoms with Crippen molar-refractivity contribution in [2.45, 2.75) is 20.1 Å². The quantitative estimate of drug-likeness (QED) is 0.866. The van der Waals surface area contributed by atoms with Gasteiger partial charge >= 0.3 is 0 Å². The zero-order chi connectivity index (χ0) is 13.0. The van der Waals surface area contributed by atoms with Gasteiger partial charge in [0.25, 0.3) is 0 Å². The van der Waals surface area contributed by atoms with Crippen molar-refractivity contribution < 1.29 is 4.74 Å². The monoisotopic (exact) mass is 266 g/mol. The smallest absolute Gasteiger partial charge is 0.144 e. The van der Waals surface area contributed by atoms with Gasteiger partial charge in [-0.2, -0.15) is 5.10 Å². The SMILES string of the molecule is CCNCc1sc(-c2ccn(C)n2)nc1COC. The number of nitrogens with zero attached hydrogens (tertiary/aromatic N) is 3. The third kappa shape index (κ3) is 2.95. The topological polar surface area (TPSA) is 52.0 Å². The van der Waals surface area contributed by atoms with E-state index in [1.807, 2.05) is 19.3 Å². The van der Waals surface area contributed by atoms with Crippen LogP contribution in [0.15, 0.2) is 12.3 Å². The maximum atomic E-state index is 5.19. The molecular weight excluding hydrogens is 248 g/mol. The summed E-state index contributed by atoms with van der Waals surface area (Å²) in [5.41, 5.74) is 1.92. The molecule has 2 rings (SSSR count). The summed E-state index contributed by atoms with van der Waals surface area (Å²) in [5.74, 6) is 0. The van der Waals surface area contributed by atoms with Crippen LogP contribution in [-0.2, 0) is 24.9 Å². The molecular formula is C12H18N4OS. The van der Waals surface area contributed by atoms with Gasteiger partial charge in [-0.25, -0.2) is 4.98 Å². The highest BCUT2D eigenvalue weighted by atomic mass is 32.1. The van der Waals surface area contributed by atoms with Crippen molar-refractivity contribution in [2.75, 3.05) is 13.7 Å². The predicted octanol–water partition coefficient (Wildman–Crippen LogP) is 1.80. The van der Waals surface area contributed by atoms with Crippen LogP contribution in [0.5, 0.6) is 0 Å². The van der Waals surface area contributed by atoms with Gasteiger partial charge in [0.2, 0.25) is 0 Å². The van der Waals surface area contributed by atoms with E-state index in [1.54, 1.807) is 23.1 Å². The first-order chi connectivity index (χ1) is 8.74. The molecule has 0 saturated heterocycles. The van der Waals surface area contributed by atoms with E-state index < -0.39 is 0 Å². The molecule has 5 nitrogen and oxygen atoms in total. The molecule has 0 fully saturated rings. The van der Waals surface area contributed by atoms with Gasteiger partial charge in [-0.3, -0.25) is 4.68 Å². The van der Waals surface area contributed by atoms with Crippen LogP contribution in [0, 0.1) is 0 Å². The Balaban J connectivity index is 2.26. The lowest BCUT2D eigenvalue weighted by Crippen LogP contribution is -2.12. The number of thiazole rings is 1. The Morgan fingerprint density at radius 2 is 2.33 bits per heavy atom. The van der Waals surface area contributed by atoms with E-state index in [0.717, 1.165) is 29.5 Å². The standard InChI is InChI=1S/C12H18N4OS/c1-4-13-7-11-10(8-17-3)14-12(18-11)9-5-6-16(2)15-9/h5-6,13H,4,7-8H2,1-3H3. The van der Waals surface area contributed by atoms with E-state index in [-0.39, 0.29) is 0 Å². The van der Waals surface area contributed by atoms with E-state index in [1.165, 1.54) is 4.88 Å². The van der Waals surface area contributed by atoms with Crippen LogP contribution >= 0.6 is 11.3 Å². The molecule has 0 bridgehead atoms. The van der Waals surface area contributed by atoms with Gasteiger partial charge in [0.1, 0.15) is 10.7 Å². The van der Waals surface area contributed by atoms with Crippen LogP contribution in [0.2, 0.25) is 0 Å². The van der Waals surface area contributed by atoms with Gasteiger partial charge in [-0.05, 0) is 12.6 Å². The van der Waals surface area contributed by atoms with Gasteiger partial charge in [0.05, 0.1) is 12.3 Å². The van der Waals surface area contributed by atoms with E-state index in [0.29, 0.717) is 6.61 Å². The van der Waals surface area contributed by atoms with Gasteiger partial charge < -0.3 is 10.1 Å². The molecule has 0 aromatic carbocycles. The summed E-state index contributed by atoms with van der Waals surface area (Å²) in [6, 6.07) is 1.98. The van der Waals surface area contributed by atoms with E-state index in [9.17, 15) is 0 Å². The lowest BCUT2D eigenvalue weighted by Gasteiger charge is -2.00. The summed E-state index contributed by atoms with van der Waals surface area (Å²) in [6.45, 7) is 4.42. The minimum Gasteiger partial charge on any atom is -0.378 e. The fourth-order valence-corrected chi connectivity index (χ4v) is 2.65. The molecule has 0 spiro atoms. The number of hydrogen-bond acceptors (Lipinski definition) is 5. The molecule has 1 N–H and O–H groups in total. The van der Waals surface area contributed by atoms with Crippen molar-refractivity contribution in [3.63, 3.8) is 0 Å². The Labute approximate surface area is 111 Å². The molecule has 0 aliphatic carbocycles. The normalized spacial score (nSPS) is 11.1. The fraction of sp³-hybridized carbons (Fsp3) is 0.500. The Morgan fingerprint density at radius 3 is 2.94 bits per heavy atom. The third-order valence-corrected chi connectivity index (χ3v) is 3.65. The molecule has 2 aromatic rings. The van der Waals surface area contributed by atoms with Gasteiger partial charge in [0, 0.05) is 31.8 Å². The molecule has 0 amide bonds. The summed E-state index contributed by atoms with van der Waals surface area (Å²) >= 11 is 1.68. The van der Waals surface area contributed by atoms with Gasteiger partial charge in [0.15, 0.2) is 0 Å². The molecule has 18 heavy (non-hydrogen) atoms. The molecule has 0 aliphatic rings. The zero-order valence-electron chi connectivity index (χ0n) is 10.9. The molecule has 6 heteroatoms. The predicted molar refractivity (Wildman–Crippen MR) is 72.4 cm³/mol. The van der Waals surface area contributed by atoms with Gasteiger partial charge in [-0.15, -0.1) is 11.3 Å². The van der Waals surface area contributed by atoms with Crippen LogP contribution in [0.1, 0.15) is 17.5 Å². The first kappa shape index (κ1) is 13.2. The second-order valence-electron chi connectivity index (χ2n) is 3.98. The Bertz CT molecular complexity index is 506. The van der Waals surface area contributed by atoms with Crippen molar-refractivity contribution >= 4 is 11.3 Å². The Kier molecular flexibility index (Phi) is 4.46. The van der Waals surface area contributed by atoms with Crippen LogP contribution < -0.4 is 5.32 Å². The Morgan fingerprint density at radius 1 is 1.50 bits per heavy atom. The lowest BCUT2D eigenvalue weighted by molar-refractivity contribution is 0.181. The van der Waals surface area contributed by atoms with Crippen molar-refractivity contribution in [1.82, 2.24) is 20.1 Å². The van der Waals surface area contributed by atoms with E-state index in [2.05, 4.69) is 22.3 Å². The highest BCUT2D eigenvalue weighted by Crippen LogP contribution is 2.27. The third-order valence-electron chi connectivity index (χ3n) is 2.53. The van der Waals surface area contributed by atoms with E-state index >= 15 is 0 Å². The number of aryl methyl sites for hydroxylation is 1. The lowest BCUT2D eigenvalue weighted by atomic mass is 10.3. The minimum absolute atomic E-state index is 0.546. The second kappa shape index (κ2) is 6.08. The van der Waals surface area contributed by atoms with Crippen molar-refractivity contribution in [2.24, 2.45) is 7.05 Å². The largest absolute Gasteiger partial charge is 0.378 e. The number of methoxy groups -OCH3 is 1. The zero-order valence-corrected chi connectivity index (χ0v) is 11.8. The van der Waals surface area contributed by atoms with Gasteiger partial charge in [-0.1, -0.05) is 6.92 Å². The summed E-state index contributed by atoms with van der Waals surface area (Å²) in [4.78, 5) is 5.84. The van der Waals surface area contributed by atoms with Crippen molar-refractivity contribution in [3.05, 3.63) is 22.8 Å². The Hall–Kier alpha value is -1.24. The first-order valence-corrected chi connectivity index (χ1v) is 6.74. The van der Waals surface area contributed by atoms with Crippen LogP contribution in [0.4, 0.5) is 0 Å². The summed E-state index contributed by atoms with van der Waals surface area (Å²) in [7, 11) is 3.60. The van der Waals surface area contributed by atoms with Crippen molar-refractivity contribution in [1.29, 1.82) is 0 Å². The number of hydrogen-bond donors (Lipinski definition) is 1. The maximum absolute atomic E-state index is 5.19. The second-order valence-corrected chi connectivity index (χ2v) is 5.06. The molecule has 0 atom stereocenters. The molecule has 0 unspecified atom stereocenters. The molecule has 0 aliphatic heterocycles. The number of aromatic nitrogens is 3. The summed E-state index contributed by atoms with van der Waals surface area (Å²) < 4.78 is 6.98. The summed E-state index contributed by atoms with van der Waals surface area (Å²) in [5, 5.41) is 8.66. The first-order valence-electron chi connectivity index (χ1n) is 5.92. The number of ether oxygens (including phenoxy) is 1. The summed E-state index contributed by atoms with van der Waals surface area (Å²) in [6.07, 6.45) is 1.93.